The number of aromatic nitrogens is 4. The molecule has 26 heavy (non-hydrogen) atoms. The normalized spacial score (nSPS) is 26.2. The molecule has 9 heteroatoms. The summed E-state index contributed by atoms with van der Waals surface area (Å²) in [5.74, 6) is 1.25. The second-order valence-corrected chi connectivity index (χ2v) is 7.09. The van der Waals surface area contributed by atoms with E-state index in [0.29, 0.717) is 37.9 Å². The summed E-state index contributed by atoms with van der Waals surface area (Å²) in [4.78, 5) is 25.1. The Hall–Kier alpha value is -2.42. The zero-order chi connectivity index (χ0) is 18.1. The molecule has 3 atom stereocenters. The first kappa shape index (κ1) is 17.0. The van der Waals surface area contributed by atoms with Crippen molar-refractivity contribution in [2.75, 3.05) is 38.3 Å². The van der Waals surface area contributed by atoms with Gasteiger partial charge in [0.05, 0.1) is 30.8 Å². The second-order valence-electron chi connectivity index (χ2n) is 7.09. The van der Waals surface area contributed by atoms with Gasteiger partial charge in [0.2, 0.25) is 0 Å². The highest BCUT2D eigenvalue weighted by Crippen LogP contribution is 2.28. The van der Waals surface area contributed by atoms with Gasteiger partial charge in [0.15, 0.2) is 5.65 Å². The summed E-state index contributed by atoms with van der Waals surface area (Å²) in [6.07, 6.45) is 4.60. The molecule has 0 aliphatic carbocycles. The smallest absolute Gasteiger partial charge is 0.410 e. The van der Waals surface area contributed by atoms with Crippen LogP contribution in [0, 0.1) is 5.92 Å². The Labute approximate surface area is 151 Å². The molecule has 0 aromatic carbocycles. The number of likely N-dealkylation sites (N-methyl/N-ethyl adjacent to an activating group) is 1. The van der Waals surface area contributed by atoms with Gasteiger partial charge in [-0.05, 0) is 12.3 Å². The van der Waals surface area contributed by atoms with E-state index in [4.69, 9.17) is 9.47 Å². The van der Waals surface area contributed by atoms with Crippen molar-refractivity contribution >= 4 is 22.9 Å². The molecule has 1 amide bonds. The average molecular weight is 360 g/mol. The lowest BCUT2D eigenvalue weighted by molar-refractivity contribution is 0.0439. The summed E-state index contributed by atoms with van der Waals surface area (Å²) in [5.41, 5.74) is 0.711. The minimum Gasteiger partial charge on any atom is -0.444 e. The molecule has 2 aliphatic heterocycles. The zero-order valence-corrected chi connectivity index (χ0v) is 15.1. The Kier molecular flexibility index (Phi) is 4.62. The van der Waals surface area contributed by atoms with E-state index in [-0.39, 0.29) is 18.2 Å². The first-order chi connectivity index (χ1) is 12.6. The van der Waals surface area contributed by atoms with E-state index in [9.17, 15) is 4.79 Å². The number of hydrogen-bond donors (Lipinski definition) is 1. The van der Waals surface area contributed by atoms with Crippen LogP contribution in [0.1, 0.15) is 19.8 Å². The molecular formula is C17H24N6O3. The number of aromatic amines is 1. The summed E-state index contributed by atoms with van der Waals surface area (Å²) in [6, 6.07) is 0.143. The zero-order valence-electron chi connectivity index (χ0n) is 15.1. The van der Waals surface area contributed by atoms with Crippen LogP contribution in [0.15, 0.2) is 12.5 Å². The summed E-state index contributed by atoms with van der Waals surface area (Å²) < 4.78 is 10.9. The standard InChI is InChI=1S/C17H24N6O3/c1-11-3-5-23(17(24)26-12-4-6-25-9-12)8-14(11)22(2)16-13-7-20-21-15(13)18-10-19-16/h7,10-12,14H,3-6,8-9H2,1-2H3,(H,18,19,20,21)/t11-,12-,14+/m1/s1. The summed E-state index contributed by atoms with van der Waals surface area (Å²) in [6.45, 7) is 4.69. The molecular weight excluding hydrogens is 336 g/mol. The molecule has 9 nitrogen and oxygen atoms in total. The van der Waals surface area contributed by atoms with Crippen LogP contribution in [-0.2, 0) is 9.47 Å². The van der Waals surface area contributed by atoms with E-state index in [1.165, 1.54) is 6.33 Å². The molecule has 2 aromatic rings. The molecule has 4 heterocycles. The van der Waals surface area contributed by atoms with Gasteiger partial charge in [0.1, 0.15) is 18.2 Å². The number of ether oxygens (including phenoxy) is 2. The summed E-state index contributed by atoms with van der Waals surface area (Å²) in [7, 11) is 2.01. The highest BCUT2D eigenvalue weighted by molar-refractivity contribution is 5.86. The first-order valence-electron chi connectivity index (χ1n) is 9.03. The van der Waals surface area contributed by atoms with Gasteiger partial charge in [-0.25, -0.2) is 14.8 Å². The molecule has 140 valence electrons. The number of carbonyl (C=O) groups excluding carboxylic acids is 1. The van der Waals surface area contributed by atoms with Crippen LogP contribution in [0.3, 0.4) is 0 Å². The van der Waals surface area contributed by atoms with Crippen molar-refractivity contribution in [2.24, 2.45) is 5.92 Å². The van der Waals surface area contributed by atoms with Crippen molar-refractivity contribution < 1.29 is 14.3 Å². The fraction of sp³-hybridized carbons (Fsp3) is 0.647. The molecule has 2 aromatic heterocycles. The van der Waals surface area contributed by atoms with Crippen LogP contribution in [0.2, 0.25) is 0 Å². The van der Waals surface area contributed by atoms with E-state index in [2.05, 4.69) is 32.0 Å². The predicted molar refractivity (Wildman–Crippen MR) is 94.9 cm³/mol. The van der Waals surface area contributed by atoms with Gasteiger partial charge in [0.25, 0.3) is 0 Å². The van der Waals surface area contributed by atoms with Crippen LogP contribution >= 0.6 is 0 Å². The number of rotatable bonds is 3. The van der Waals surface area contributed by atoms with Gasteiger partial charge >= 0.3 is 6.09 Å². The Balaban J connectivity index is 1.49. The predicted octanol–water partition coefficient (Wildman–Crippen LogP) is 1.42. The lowest BCUT2D eigenvalue weighted by atomic mass is 9.92. The minimum absolute atomic E-state index is 0.120. The molecule has 0 unspecified atom stereocenters. The van der Waals surface area contributed by atoms with Crippen molar-refractivity contribution in [1.29, 1.82) is 0 Å². The third-order valence-electron chi connectivity index (χ3n) is 5.39. The molecule has 4 rings (SSSR count). The minimum atomic E-state index is -0.248. The molecule has 2 saturated heterocycles. The lowest BCUT2D eigenvalue weighted by Gasteiger charge is -2.41. The van der Waals surface area contributed by atoms with Crippen molar-refractivity contribution in [3.63, 3.8) is 0 Å². The molecule has 0 spiro atoms. The Morgan fingerprint density at radius 1 is 1.42 bits per heavy atom. The molecule has 2 fully saturated rings. The fourth-order valence-corrected chi connectivity index (χ4v) is 3.73. The van der Waals surface area contributed by atoms with Gasteiger partial charge in [-0.1, -0.05) is 6.92 Å². The van der Waals surface area contributed by atoms with Gasteiger partial charge < -0.3 is 19.3 Å². The van der Waals surface area contributed by atoms with Crippen LogP contribution < -0.4 is 4.90 Å². The number of piperidine rings is 1. The van der Waals surface area contributed by atoms with E-state index >= 15 is 0 Å². The Morgan fingerprint density at radius 2 is 2.31 bits per heavy atom. The fourth-order valence-electron chi connectivity index (χ4n) is 3.73. The number of likely N-dealkylation sites (tertiary alicyclic amines) is 1. The van der Waals surface area contributed by atoms with Crippen molar-refractivity contribution in [3.8, 4) is 0 Å². The van der Waals surface area contributed by atoms with E-state index < -0.39 is 0 Å². The SMILES string of the molecule is C[C@@H]1CCN(C(=O)O[C@@H]2CCOC2)C[C@@H]1N(C)c1ncnc2[nH]ncc12. The van der Waals surface area contributed by atoms with Gasteiger partial charge in [-0.15, -0.1) is 0 Å². The van der Waals surface area contributed by atoms with E-state index in [0.717, 1.165) is 24.0 Å². The number of H-pyrrole nitrogens is 1. The Bertz CT molecular complexity index is 775. The maximum atomic E-state index is 12.5. The quantitative estimate of drug-likeness (QED) is 0.884. The second kappa shape index (κ2) is 7.06. The number of hydrogen-bond acceptors (Lipinski definition) is 7. The van der Waals surface area contributed by atoms with Crippen LogP contribution in [-0.4, -0.2) is 76.7 Å². The van der Waals surface area contributed by atoms with Gasteiger partial charge in [-0.3, -0.25) is 5.10 Å². The van der Waals surface area contributed by atoms with Gasteiger partial charge in [0, 0.05) is 26.6 Å². The van der Waals surface area contributed by atoms with E-state index in [1.54, 1.807) is 11.1 Å². The third-order valence-corrected chi connectivity index (χ3v) is 5.39. The van der Waals surface area contributed by atoms with Crippen LogP contribution in [0.5, 0.6) is 0 Å². The maximum absolute atomic E-state index is 12.5. The van der Waals surface area contributed by atoms with Crippen LogP contribution in [0.4, 0.5) is 10.6 Å². The molecule has 0 bridgehead atoms. The van der Waals surface area contributed by atoms with Gasteiger partial charge in [-0.2, -0.15) is 5.10 Å². The number of fused-ring (bicyclic) bond motifs is 1. The molecule has 0 radical (unpaired) electrons. The summed E-state index contributed by atoms with van der Waals surface area (Å²) >= 11 is 0. The summed E-state index contributed by atoms with van der Waals surface area (Å²) in [5, 5.41) is 7.81. The number of amides is 1. The number of anilines is 1. The monoisotopic (exact) mass is 360 g/mol. The van der Waals surface area contributed by atoms with E-state index in [1.807, 2.05) is 7.05 Å². The average Bonchev–Trinajstić information content (AvgIpc) is 3.32. The first-order valence-corrected chi connectivity index (χ1v) is 9.03. The number of nitrogens with one attached hydrogen (secondary N) is 1. The topological polar surface area (TPSA) is 96.5 Å². The van der Waals surface area contributed by atoms with Crippen molar-refractivity contribution in [3.05, 3.63) is 12.5 Å². The lowest BCUT2D eigenvalue weighted by Crippen LogP contribution is -2.53. The molecule has 0 saturated carbocycles. The third kappa shape index (κ3) is 3.18. The highest BCUT2D eigenvalue weighted by Gasteiger charge is 2.34. The Morgan fingerprint density at radius 3 is 3.12 bits per heavy atom. The maximum Gasteiger partial charge on any atom is 0.410 e. The van der Waals surface area contributed by atoms with Crippen LogP contribution in [0.25, 0.3) is 11.0 Å². The van der Waals surface area contributed by atoms with Crippen molar-refractivity contribution in [1.82, 2.24) is 25.1 Å². The highest BCUT2D eigenvalue weighted by atomic mass is 16.6. The molecule has 2 aliphatic rings. The largest absolute Gasteiger partial charge is 0.444 e. The number of carbonyl (C=O) groups is 1. The van der Waals surface area contributed by atoms with Crippen molar-refractivity contribution in [2.45, 2.75) is 31.9 Å². The number of nitrogens with zero attached hydrogens (tertiary/aromatic N) is 5. The molecule has 1 N–H and O–H groups in total.